The molecule has 0 aliphatic heterocycles. The van der Waals surface area contributed by atoms with Gasteiger partial charge in [-0.3, -0.25) is 0 Å². The van der Waals surface area contributed by atoms with Gasteiger partial charge < -0.3 is 4.40 Å². The van der Waals surface area contributed by atoms with Crippen LogP contribution in [0.3, 0.4) is 0 Å². The lowest BCUT2D eigenvalue weighted by Gasteiger charge is -2.19. The van der Waals surface area contributed by atoms with Crippen molar-refractivity contribution in [2.24, 2.45) is 0 Å². The van der Waals surface area contributed by atoms with Gasteiger partial charge in [0.25, 0.3) is 0 Å². The molecule has 0 saturated carbocycles. The highest BCUT2D eigenvalue weighted by Crippen LogP contribution is 2.30. The zero-order valence-corrected chi connectivity index (χ0v) is 11.1. The monoisotopic (exact) mass is 234 g/mol. The highest BCUT2D eigenvalue weighted by molar-refractivity contribution is 5.46. The third-order valence-corrected chi connectivity index (χ3v) is 2.88. The normalized spacial score (nSPS) is 12.6. The summed E-state index contributed by atoms with van der Waals surface area (Å²) in [7, 11) is 0. The van der Waals surface area contributed by atoms with E-state index in [1.165, 1.54) is 17.8 Å². The third-order valence-electron chi connectivity index (χ3n) is 2.88. The first-order valence-electron chi connectivity index (χ1n) is 5.98. The lowest BCUT2D eigenvalue weighted by molar-refractivity contribution is 0.557. The van der Waals surface area contributed by atoms with Gasteiger partial charge in [0.05, 0.1) is 5.69 Å². The van der Waals surface area contributed by atoms with E-state index >= 15 is 0 Å². The van der Waals surface area contributed by atoms with E-state index in [9.17, 15) is 4.39 Å². The standard InChI is InChI=1S/C14H19FN2/c1-9(2)12-13(14(3,4)5)16-11-8-10(15)6-7-17(11)12/h6-9H,1-5H3. The van der Waals surface area contributed by atoms with E-state index in [0.29, 0.717) is 11.6 Å². The maximum Gasteiger partial charge on any atom is 0.140 e. The Kier molecular flexibility index (Phi) is 2.72. The van der Waals surface area contributed by atoms with Gasteiger partial charge in [-0.05, 0) is 12.0 Å². The zero-order valence-electron chi connectivity index (χ0n) is 11.1. The van der Waals surface area contributed by atoms with Crippen molar-refractivity contribution in [1.82, 2.24) is 9.38 Å². The number of pyridine rings is 1. The van der Waals surface area contributed by atoms with Gasteiger partial charge in [-0.15, -0.1) is 0 Å². The highest BCUT2D eigenvalue weighted by Gasteiger charge is 2.25. The van der Waals surface area contributed by atoms with Crippen LogP contribution >= 0.6 is 0 Å². The van der Waals surface area contributed by atoms with Crippen LogP contribution in [-0.4, -0.2) is 9.38 Å². The summed E-state index contributed by atoms with van der Waals surface area (Å²) in [6, 6.07) is 2.97. The number of hydrogen-bond donors (Lipinski definition) is 0. The van der Waals surface area contributed by atoms with Crippen molar-refractivity contribution in [2.75, 3.05) is 0 Å². The van der Waals surface area contributed by atoms with Gasteiger partial charge in [0.15, 0.2) is 0 Å². The van der Waals surface area contributed by atoms with Crippen LogP contribution in [0, 0.1) is 5.82 Å². The van der Waals surface area contributed by atoms with E-state index in [2.05, 4.69) is 39.6 Å². The lowest BCUT2D eigenvalue weighted by Crippen LogP contribution is -2.15. The predicted octanol–water partition coefficient (Wildman–Crippen LogP) is 3.89. The minimum absolute atomic E-state index is 0.0257. The number of imidazole rings is 1. The molecule has 2 rings (SSSR count). The molecule has 0 aliphatic rings. The fourth-order valence-electron chi connectivity index (χ4n) is 2.14. The van der Waals surface area contributed by atoms with Crippen LogP contribution in [0.15, 0.2) is 18.3 Å². The van der Waals surface area contributed by atoms with Crippen LogP contribution < -0.4 is 0 Å². The van der Waals surface area contributed by atoms with Gasteiger partial charge in [0.2, 0.25) is 0 Å². The van der Waals surface area contributed by atoms with Gasteiger partial charge >= 0.3 is 0 Å². The summed E-state index contributed by atoms with van der Waals surface area (Å²) in [6.45, 7) is 10.7. The molecule has 0 aromatic carbocycles. The first-order chi connectivity index (χ1) is 7.80. The highest BCUT2D eigenvalue weighted by atomic mass is 19.1. The molecule has 0 aliphatic carbocycles. The van der Waals surface area contributed by atoms with Gasteiger partial charge in [0.1, 0.15) is 11.5 Å². The van der Waals surface area contributed by atoms with Crippen molar-refractivity contribution in [2.45, 2.75) is 46.0 Å². The third kappa shape index (κ3) is 2.06. The molecule has 2 aromatic heterocycles. The molecule has 0 N–H and O–H groups in total. The molecule has 0 atom stereocenters. The second-order valence-corrected chi connectivity index (χ2v) is 5.82. The van der Waals surface area contributed by atoms with Crippen LogP contribution in [-0.2, 0) is 5.41 Å². The summed E-state index contributed by atoms with van der Waals surface area (Å²) in [4.78, 5) is 4.59. The summed E-state index contributed by atoms with van der Waals surface area (Å²) in [5, 5.41) is 0. The van der Waals surface area contributed by atoms with Crippen LogP contribution in [0.1, 0.15) is 51.9 Å². The maximum atomic E-state index is 13.2. The largest absolute Gasteiger partial charge is 0.303 e. The predicted molar refractivity (Wildman–Crippen MR) is 67.9 cm³/mol. The summed E-state index contributed by atoms with van der Waals surface area (Å²) in [5.41, 5.74) is 2.89. The molecular weight excluding hydrogens is 215 g/mol. The topological polar surface area (TPSA) is 17.3 Å². The Morgan fingerprint density at radius 1 is 1.29 bits per heavy atom. The number of aromatic nitrogens is 2. The van der Waals surface area contributed by atoms with Gasteiger partial charge in [-0.2, -0.15) is 0 Å². The maximum absolute atomic E-state index is 13.2. The average Bonchev–Trinajstić information content (AvgIpc) is 2.55. The zero-order chi connectivity index (χ0) is 12.8. The molecule has 0 bridgehead atoms. The minimum Gasteiger partial charge on any atom is -0.303 e. The summed E-state index contributed by atoms with van der Waals surface area (Å²) in [6.07, 6.45) is 1.77. The van der Waals surface area contributed by atoms with Crippen LogP contribution in [0.4, 0.5) is 4.39 Å². The fraction of sp³-hybridized carbons (Fsp3) is 0.500. The van der Waals surface area contributed by atoms with Crippen LogP contribution in [0.5, 0.6) is 0 Å². The van der Waals surface area contributed by atoms with Gasteiger partial charge in [-0.1, -0.05) is 34.6 Å². The van der Waals surface area contributed by atoms with E-state index in [1.807, 2.05) is 4.40 Å². The Labute approximate surface area is 101 Å². The first-order valence-corrected chi connectivity index (χ1v) is 5.98. The second-order valence-electron chi connectivity index (χ2n) is 5.82. The van der Waals surface area contributed by atoms with Gasteiger partial charge in [-0.25, -0.2) is 9.37 Å². The quantitative estimate of drug-likeness (QED) is 0.731. The molecule has 2 aromatic rings. The molecule has 2 nitrogen and oxygen atoms in total. The Morgan fingerprint density at radius 2 is 1.94 bits per heavy atom. The Morgan fingerprint density at radius 3 is 2.47 bits per heavy atom. The molecule has 0 saturated heterocycles. The SMILES string of the molecule is CC(C)c1c(C(C)(C)C)nc2cc(F)ccn12. The van der Waals surface area contributed by atoms with Crippen molar-refractivity contribution in [3.05, 3.63) is 35.5 Å². The number of nitrogens with zero attached hydrogens (tertiary/aromatic N) is 2. The summed E-state index contributed by atoms with van der Waals surface area (Å²) < 4.78 is 15.2. The molecule has 0 radical (unpaired) electrons. The molecule has 92 valence electrons. The van der Waals surface area contributed by atoms with E-state index in [0.717, 1.165) is 5.69 Å². The van der Waals surface area contributed by atoms with Crippen molar-refractivity contribution in [3.8, 4) is 0 Å². The molecule has 17 heavy (non-hydrogen) atoms. The molecule has 0 fully saturated rings. The van der Waals surface area contributed by atoms with Gasteiger partial charge in [0, 0.05) is 23.4 Å². The second kappa shape index (κ2) is 3.83. The van der Waals surface area contributed by atoms with Crippen LogP contribution in [0.25, 0.3) is 5.65 Å². The number of halogens is 1. The van der Waals surface area contributed by atoms with E-state index in [4.69, 9.17) is 0 Å². The molecule has 0 amide bonds. The first kappa shape index (κ1) is 12.1. The fourth-order valence-corrected chi connectivity index (χ4v) is 2.14. The Hall–Kier alpha value is -1.38. The number of hydrogen-bond acceptors (Lipinski definition) is 1. The summed E-state index contributed by atoms with van der Waals surface area (Å²) >= 11 is 0. The molecule has 0 unspecified atom stereocenters. The molecular formula is C14H19FN2. The van der Waals surface area contributed by atoms with Crippen molar-refractivity contribution < 1.29 is 4.39 Å². The van der Waals surface area contributed by atoms with Crippen molar-refractivity contribution in [3.63, 3.8) is 0 Å². The van der Waals surface area contributed by atoms with E-state index < -0.39 is 0 Å². The van der Waals surface area contributed by atoms with E-state index in [1.54, 1.807) is 6.20 Å². The van der Waals surface area contributed by atoms with Crippen molar-refractivity contribution in [1.29, 1.82) is 0 Å². The minimum atomic E-state index is -0.238. The van der Waals surface area contributed by atoms with Crippen molar-refractivity contribution >= 4 is 5.65 Å². The number of fused-ring (bicyclic) bond motifs is 1. The average molecular weight is 234 g/mol. The Bertz CT molecular complexity index is 547. The van der Waals surface area contributed by atoms with Crippen LogP contribution in [0.2, 0.25) is 0 Å². The Balaban J connectivity index is 2.80. The molecule has 0 spiro atoms. The molecule has 2 heterocycles. The molecule has 3 heteroatoms. The smallest absolute Gasteiger partial charge is 0.140 e. The lowest BCUT2D eigenvalue weighted by atomic mass is 9.88. The summed E-state index contributed by atoms with van der Waals surface area (Å²) in [5.74, 6) is 0.128. The number of rotatable bonds is 1. The van der Waals surface area contributed by atoms with E-state index in [-0.39, 0.29) is 11.2 Å².